The second kappa shape index (κ2) is 8.95. The maximum absolute atomic E-state index is 13.1. The third kappa shape index (κ3) is 4.40. The zero-order valence-corrected chi connectivity index (χ0v) is 18.5. The number of ether oxygens (including phenoxy) is 3. The number of Topliss-reactive ketones (excluding diaryl/α,β-unsaturated/α-hetero) is 1. The monoisotopic (exact) mass is 452 g/mol. The number of carbonyl (C=O) groups excluding carboxylic acids is 3. The summed E-state index contributed by atoms with van der Waals surface area (Å²) in [6.45, 7) is 2.13. The van der Waals surface area contributed by atoms with Crippen LogP contribution in [-0.4, -0.2) is 66.5 Å². The number of aliphatic hydroxyl groups excluding tert-OH is 1. The topological polar surface area (TPSA) is 106 Å². The molecule has 0 saturated carbocycles. The second-order valence-corrected chi connectivity index (χ2v) is 8.03. The Balaban J connectivity index is 1.83. The fourth-order valence-corrected chi connectivity index (χ4v) is 3.88. The summed E-state index contributed by atoms with van der Waals surface area (Å²) >= 11 is 0. The molecule has 0 bridgehead atoms. The Morgan fingerprint density at radius 1 is 1.15 bits per heavy atom. The zero-order chi connectivity index (χ0) is 23.7. The first-order chi connectivity index (χ1) is 15.8. The minimum absolute atomic E-state index is 0.0439. The van der Waals surface area contributed by atoms with Gasteiger partial charge in [-0.3, -0.25) is 14.4 Å². The number of hydrogen-bond acceptors (Lipinski definition) is 8. The van der Waals surface area contributed by atoms with Gasteiger partial charge in [0.15, 0.2) is 11.5 Å². The van der Waals surface area contributed by atoms with Gasteiger partial charge in [0.1, 0.15) is 11.5 Å². The predicted molar refractivity (Wildman–Crippen MR) is 118 cm³/mol. The van der Waals surface area contributed by atoms with E-state index in [9.17, 15) is 19.5 Å². The summed E-state index contributed by atoms with van der Waals surface area (Å²) in [5, 5.41) is 11.2. The Labute approximate surface area is 190 Å². The summed E-state index contributed by atoms with van der Waals surface area (Å²) in [7, 11) is 3.72. The number of benzene rings is 2. The Bertz CT molecular complexity index is 1160. The lowest BCUT2D eigenvalue weighted by atomic mass is 9.95. The number of nitrogens with zero attached hydrogens (tertiary/aromatic N) is 2. The molecular formula is C24H24N2O7. The van der Waals surface area contributed by atoms with Gasteiger partial charge >= 0.3 is 5.97 Å². The Hall–Kier alpha value is -3.85. The van der Waals surface area contributed by atoms with E-state index in [1.54, 1.807) is 42.5 Å². The van der Waals surface area contributed by atoms with Gasteiger partial charge in [-0.05, 0) is 50.0 Å². The normalized spacial score (nSPS) is 18.8. The van der Waals surface area contributed by atoms with Gasteiger partial charge in [0, 0.05) is 25.6 Å². The van der Waals surface area contributed by atoms with E-state index in [1.165, 1.54) is 11.8 Å². The van der Waals surface area contributed by atoms with Crippen molar-refractivity contribution in [2.45, 2.75) is 13.0 Å². The van der Waals surface area contributed by atoms with Crippen molar-refractivity contribution >= 4 is 23.4 Å². The molecule has 33 heavy (non-hydrogen) atoms. The van der Waals surface area contributed by atoms with Crippen LogP contribution < -0.4 is 14.2 Å². The van der Waals surface area contributed by atoms with Gasteiger partial charge in [0.05, 0.1) is 11.6 Å². The highest BCUT2D eigenvalue weighted by atomic mass is 16.7. The van der Waals surface area contributed by atoms with Crippen LogP contribution in [0.1, 0.15) is 24.1 Å². The molecule has 0 radical (unpaired) electrons. The molecule has 0 spiro atoms. The van der Waals surface area contributed by atoms with Crippen molar-refractivity contribution in [1.82, 2.24) is 9.80 Å². The molecule has 2 heterocycles. The molecule has 0 aliphatic carbocycles. The molecule has 1 amide bonds. The summed E-state index contributed by atoms with van der Waals surface area (Å²) in [5.41, 5.74) is 0.817. The highest BCUT2D eigenvalue weighted by Gasteiger charge is 2.46. The summed E-state index contributed by atoms with van der Waals surface area (Å²) in [6.07, 6.45) is 0. The predicted octanol–water partition coefficient (Wildman–Crippen LogP) is 2.32. The molecule has 2 aromatic carbocycles. The van der Waals surface area contributed by atoms with Crippen molar-refractivity contribution in [3.63, 3.8) is 0 Å². The molecule has 2 aromatic rings. The van der Waals surface area contributed by atoms with Crippen molar-refractivity contribution in [2.75, 3.05) is 34.0 Å². The Morgan fingerprint density at radius 3 is 2.64 bits per heavy atom. The highest BCUT2D eigenvalue weighted by molar-refractivity contribution is 6.46. The maximum atomic E-state index is 13.1. The van der Waals surface area contributed by atoms with E-state index in [1.807, 2.05) is 19.0 Å². The minimum Gasteiger partial charge on any atom is -0.507 e. The first kappa shape index (κ1) is 22.3. The van der Waals surface area contributed by atoms with Gasteiger partial charge in [-0.25, -0.2) is 0 Å². The van der Waals surface area contributed by atoms with Crippen LogP contribution in [0.2, 0.25) is 0 Å². The fraction of sp³-hybridized carbons (Fsp3) is 0.292. The number of aliphatic hydroxyl groups is 1. The largest absolute Gasteiger partial charge is 0.507 e. The van der Waals surface area contributed by atoms with Gasteiger partial charge in [-0.2, -0.15) is 0 Å². The van der Waals surface area contributed by atoms with Gasteiger partial charge in [-0.15, -0.1) is 0 Å². The van der Waals surface area contributed by atoms with Gasteiger partial charge in [0.2, 0.25) is 6.79 Å². The van der Waals surface area contributed by atoms with E-state index < -0.39 is 23.7 Å². The quantitative estimate of drug-likeness (QED) is 0.234. The summed E-state index contributed by atoms with van der Waals surface area (Å²) in [6, 6.07) is 10.5. The van der Waals surface area contributed by atoms with E-state index in [0.29, 0.717) is 29.2 Å². The number of esters is 1. The number of rotatable bonds is 6. The van der Waals surface area contributed by atoms with Crippen molar-refractivity contribution < 1.29 is 33.7 Å². The molecular weight excluding hydrogens is 428 g/mol. The number of amides is 1. The van der Waals surface area contributed by atoms with Crippen molar-refractivity contribution in [3.8, 4) is 17.2 Å². The maximum Gasteiger partial charge on any atom is 0.308 e. The number of carbonyl (C=O) groups is 3. The summed E-state index contributed by atoms with van der Waals surface area (Å²) in [4.78, 5) is 40.8. The number of ketones is 1. The summed E-state index contributed by atoms with van der Waals surface area (Å²) < 4.78 is 15.9. The average molecular weight is 452 g/mol. The first-order valence-corrected chi connectivity index (χ1v) is 10.4. The zero-order valence-electron chi connectivity index (χ0n) is 18.5. The lowest BCUT2D eigenvalue weighted by Gasteiger charge is -2.26. The van der Waals surface area contributed by atoms with E-state index in [4.69, 9.17) is 14.2 Å². The number of hydrogen-bond donors (Lipinski definition) is 1. The summed E-state index contributed by atoms with van der Waals surface area (Å²) in [5.74, 6) is -1.05. The molecule has 172 valence electrons. The van der Waals surface area contributed by atoms with Gasteiger partial charge in [-0.1, -0.05) is 12.1 Å². The first-order valence-electron chi connectivity index (χ1n) is 10.4. The molecule has 2 aliphatic heterocycles. The SMILES string of the molecule is CC(=O)Oc1cccc(C2/C(=C(/O)c3ccc4c(c3)OCO4)C(=O)C(=O)N2CCN(C)C)c1. The molecule has 1 N–H and O–H groups in total. The van der Waals surface area contributed by atoms with Gasteiger partial charge in [0.25, 0.3) is 11.7 Å². The number of likely N-dealkylation sites (N-methyl/N-ethyl adjacent to an activating group) is 1. The van der Waals surface area contributed by atoms with Crippen LogP contribution in [-0.2, 0) is 14.4 Å². The Kier molecular flexibility index (Phi) is 6.06. The van der Waals surface area contributed by atoms with Gasteiger partial charge < -0.3 is 29.1 Å². The van der Waals surface area contributed by atoms with Crippen LogP contribution >= 0.6 is 0 Å². The molecule has 1 atom stereocenters. The molecule has 1 saturated heterocycles. The smallest absolute Gasteiger partial charge is 0.308 e. The van der Waals surface area contributed by atoms with E-state index in [2.05, 4.69) is 0 Å². The lowest BCUT2D eigenvalue weighted by Crippen LogP contribution is -2.35. The van der Waals surface area contributed by atoms with Crippen LogP contribution in [0.3, 0.4) is 0 Å². The molecule has 4 rings (SSSR count). The van der Waals surface area contributed by atoms with Crippen LogP contribution in [0.4, 0.5) is 0 Å². The second-order valence-electron chi connectivity index (χ2n) is 8.03. The van der Waals surface area contributed by atoms with Crippen molar-refractivity contribution in [2.24, 2.45) is 0 Å². The van der Waals surface area contributed by atoms with Crippen LogP contribution in [0.15, 0.2) is 48.0 Å². The van der Waals surface area contributed by atoms with E-state index >= 15 is 0 Å². The van der Waals surface area contributed by atoms with Crippen LogP contribution in [0, 0.1) is 0 Å². The van der Waals surface area contributed by atoms with Crippen LogP contribution in [0.5, 0.6) is 17.2 Å². The lowest BCUT2D eigenvalue weighted by molar-refractivity contribution is -0.140. The van der Waals surface area contributed by atoms with E-state index in [-0.39, 0.29) is 30.4 Å². The molecule has 2 aliphatic rings. The standard InChI is InChI=1S/C24H24N2O7/c1-14(27)33-17-6-4-5-15(11-17)21-20(23(29)24(30)26(21)10-9-25(2)3)22(28)16-7-8-18-19(12-16)32-13-31-18/h4-8,11-12,21,28H,9-10,13H2,1-3H3/b22-20-. The molecule has 9 nitrogen and oxygen atoms in total. The number of fused-ring (bicyclic) bond motifs is 1. The molecule has 1 fully saturated rings. The Morgan fingerprint density at radius 2 is 1.91 bits per heavy atom. The van der Waals surface area contributed by atoms with Crippen LogP contribution in [0.25, 0.3) is 5.76 Å². The highest BCUT2D eigenvalue weighted by Crippen LogP contribution is 2.41. The third-order valence-corrected chi connectivity index (χ3v) is 5.41. The number of likely N-dealkylation sites (tertiary alicyclic amines) is 1. The minimum atomic E-state index is -0.856. The molecule has 1 unspecified atom stereocenters. The van der Waals surface area contributed by atoms with Crippen molar-refractivity contribution in [1.29, 1.82) is 0 Å². The van der Waals surface area contributed by atoms with E-state index in [0.717, 1.165) is 0 Å². The molecule has 0 aromatic heterocycles. The third-order valence-electron chi connectivity index (χ3n) is 5.41. The fourth-order valence-electron chi connectivity index (χ4n) is 3.88. The van der Waals surface area contributed by atoms with Crippen molar-refractivity contribution in [3.05, 3.63) is 59.2 Å². The molecule has 9 heteroatoms. The average Bonchev–Trinajstić information content (AvgIpc) is 3.34.